The molecule has 144 valence electrons. The van der Waals surface area contributed by atoms with Gasteiger partial charge in [-0.05, 0) is 50.9 Å². The Bertz CT molecular complexity index is 697. The van der Waals surface area contributed by atoms with Crippen LogP contribution in [0.2, 0.25) is 0 Å². The molecule has 6 nitrogen and oxygen atoms in total. The smallest absolute Gasteiger partial charge is 0.262 e. The third kappa shape index (κ3) is 3.63. The Morgan fingerprint density at radius 3 is 1.96 bits per heavy atom. The third-order valence-electron chi connectivity index (χ3n) is 6.15. The molecular formula is C21H27N3O3. The van der Waals surface area contributed by atoms with Gasteiger partial charge in [0.1, 0.15) is 6.54 Å². The fourth-order valence-electron chi connectivity index (χ4n) is 4.56. The lowest BCUT2D eigenvalue weighted by Gasteiger charge is -2.38. The molecule has 0 aliphatic carbocycles. The molecule has 0 N–H and O–H groups in total. The van der Waals surface area contributed by atoms with E-state index in [0.29, 0.717) is 30.3 Å². The number of nitrogens with zero attached hydrogens (tertiary/aromatic N) is 3. The van der Waals surface area contributed by atoms with Crippen LogP contribution in [0.1, 0.15) is 59.2 Å². The zero-order valence-electron chi connectivity index (χ0n) is 15.7. The molecule has 27 heavy (non-hydrogen) atoms. The van der Waals surface area contributed by atoms with Crippen LogP contribution in [0, 0.1) is 0 Å². The first kappa shape index (κ1) is 18.2. The maximum absolute atomic E-state index is 12.7. The molecule has 0 unspecified atom stereocenters. The molecular weight excluding hydrogens is 342 g/mol. The van der Waals surface area contributed by atoms with Gasteiger partial charge in [-0.15, -0.1) is 0 Å². The van der Waals surface area contributed by atoms with Crippen LogP contribution in [-0.4, -0.2) is 71.2 Å². The fourth-order valence-corrected chi connectivity index (χ4v) is 4.56. The van der Waals surface area contributed by atoms with Gasteiger partial charge in [-0.25, -0.2) is 0 Å². The predicted octanol–water partition coefficient (Wildman–Crippen LogP) is 2.15. The van der Waals surface area contributed by atoms with E-state index >= 15 is 0 Å². The monoisotopic (exact) mass is 369 g/mol. The average Bonchev–Trinajstić information content (AvgIpc) is 2.91. The quantitative estimate of drug-likeness (QED) is 0.766. The molecule has 2 saturated heterocycles. The average molecular weight is 369 g/mol. The number of hydrogen-bond acceptors (Lipinski definition) is 4. The minimum absolute atomic E-state index is 0.126. The molecule has 0 spiro atoms. The van der Waals surface area contributed by atoms with E-state index in [-0.39, 0.29) is 24.3 Å². The van der Waals surface area contributed by atoms with Crippen molar-refractivity contribution in [3.63, 3.8) is 0 Å². The van der Waals surface area contributed by atoms with Crippen LogP contribution in [0.5, 0.6) is 0 Å². The Morgan fingerprint density at radius 1 is 0.852 bits per heavy atom. The Balaban J connectivity index is 1.33. The number of likely N-dealkylation sites (tertiary alicyclic amines) is 2. The van der Waals surface area contributed by atoms with E-state index in [1.54, 1.807) is 24.3 Å². The van der Waals surface area contributed by atoms with E-state index < -0.39 is 0 Å². The van der Waals surface area contributed by atoms with Crippen molar-refractivity contribution < 1.29 is 14.4 Å². The van der Waals surface area contributed by atoms with Crippen LogP contribution in [-0.2, 0) is 4.79 Å². The van der Waals surface area contributed by atoms with Crippen LogP contribution in [0.15, 0.2) is 24.3 Å². The van der Waals surface area contributed by atoms with Crippen molar-refractivity contribution >= 4 is 17.7 Å². The summed E-state index contributed by atoms with van der Waals surface area (Å²) in [7, 11) is 0. The lowest BCUT2D eigenvalue weighted by atomic mass is 10.0. The Hall–Kier alpha value is -2.21. The van der Waals surface area contributed by atoms with Crippen LogP contribution >= 0.6 is 0 Å². The van der Waals surface area contributed by atoms with E-state index in [9.17, 15) is 14.4 Å². The summed E-state index contributed by atoms with van der Waals surface area (Å²) in [5, 5.41) is 0. The van der Waals surface area contributed by atoms with Crippen LogP contribution in [0.25, 0.3) is 0 Å². The molecule has 0 atom stereocenters. The molecule has 4 rings (SSSR count). The Morgan fingerprint density at radius 2 is 1.41 bits per heavy atom. The van der Waals surface area contributed by atoms with Gasteiger partial charge >= 0.3 is 0 Å². The third-order valence-corrected chi connectivity index (χ3v) is 6.15. The molecule has 0 saturated carbocycles. The molecule has 3 aliphatic rings. The summed E-state index contributed by atoms with van der Waals surface area (Å²) in [6, 6.07) is 7.33. The minimum atomic E-state index is -0.358. The molecule has 3 amide bonds. The van der Waals surface area contributed by atoms with Crippen molar-refractivity contribution in [2.45, 2.75) is 44.6 Å². The molecule has 3 aliphatic heterocycles. The van der Waals surface area contributed by atoms with Crippen molar-refractivity contribution in [1.29, 1.82) is 0 Å². The summed E-state index contributed by atoms with van der Waals surface area (Å²) in [6.07, 6.45) is 7.17. The first-order valence-corrected chi connectivity index (χ1v) is 10.1. The molecule has 1 aromatic rings. The summed E-state index contributed by atoms with van der Waals surface area (Å²) in [5.41, 5.74) is 0.797. The summed E-state index contributed by atoms with van der Waals surface area (Å²) >= 11 is 0. The molecule has 1 aromatic carbocycles. The first-order valence-electron chi connectivity index (χ1n) is 10.1. The summed E-state index contributed by atoms with van der Waals surface area (Å²) in [6.45, 7) is 3.62. The number of piperidine rings is 1. The maximum atomic E-state index is 12.7. The first-order chi connectivity index (χ1) is 13.1. The SMILES string of the molecule is O=C(CN1C(=O)c2ccccc2C1=O)N1CCC(N2CCCCCC2)CC1. The summed E-state index contributed by atoms with van der Waals surface area (Å²) < 4.78 is 0. The predicted molar refractivity (Wildman–Crippen MR) is 101 cm³/mol. The molecule has 2 fully saturated rings. The number of carbonyl (C=O) groups is 3. The van der Waals surface area contributed by atoms with E-state index in [1.807, 2.05) is 4.90 Å². The number of hydrogen-bond donors (Lipinski definition) is 0. The second-order valence-corrected chi connectivity index (χ2v) is 7.80. The van der Waals surface area contributed by atoms with Gasteiger partial charge in [0.2, 0.25) is 5.91 Å². The highest BCUT2D eigenvalue weighted by Crippen LogP contribution is 2.24. The van der Waals surface area contributed by atoms with Crippen LogP contribution in [0.3, 0.4) is 0 Å². The zero-order chi connectivity index (χ0) is 18.8. The normalized spacial score (nSPS) is 22.1. The van der Waals surface area contributed by atoms with E-state index in [2.05, 4.69) is 4.90 Å². The number of fused-ring (bicyclic) bond motifs is 1. The van der Waals surface area contributed by atoms with Gasteiger partial charge in [0, 0.05) is 19.1 Å². The number of imide groups is 1. The molecule has 3 heterocycles. The van der Waals surface area contributed by atoms with Crippen molar-refractivity contribution in [2.24, 2.45) is 0 Å². The lowest BCUT2D eigenvalue weighted by molar-refractivity contribution is -0.133. The second kappa shape index (κ2) is 7.80. The Kier molecular flexibility index (Phi) is 5.25. The molecule has 0 radical (unpaired) electrons. The van der Waals surface area contributed by atoms with Crippen molar-refractivity contribution in [2.75, 3.05) is 32.7 Å². The summed E-state index contributed by atoms with van der Waals surface area (Å²) in [5.74, 6) is -0.842. The van der Waals surface area contributed by atoms with Gasteiger partial charge < -0.3 is 9.80 Å². The summed E-state index contributed by atoms with van der Waals surface area (Å²) in [4.78, 5) is 43.1. The lowest BCUT2D eigenvalue weighted by Crippen LogP contribution is -2.50. The fraction of sp³-hybridized carbons (Fsp3) is 0.571. The van der Waals surface area contributed by atoms with Crippen molar-refractivity contribution in [3.8, 4) is 0 Å². The highest BCUT2D eigenvalue weighted by molar-refractivity contribution is 6.22. The van der Waals surface area contributed by atoms with Gasteiger partial charge in [-0.2, -0.15) is 0 Å². The largest absolute Gasteiger partial charge is 0.341 e. The van der Waals surface area contributed by atoms with E-state index in [0.717, 1.165) is 17.7 Å². The van der Waals surface area contributed by atoms with Gasteiger partial charge in [0.25, 0.3) is 11.8 Å². The van der Waals surface area contributed by atoms with Crippen molar-refractivity contribution in [3.05, 3.63) is 35.4 Å². The number of benzene rings is 1. The zero-order valence-corrected chi connectivity index (χ0v) is 15.7. The number of amides is 3. The van der Waals surface area contributed by atoms with Crippen LogP contribution < -0.4 is 0 Å². The second-order valence-electron chi connectivity index (χ2n) is 7.80. The highest BCUT2D eigenvalue weighted by Gasteiger charge is 2.37. The number of rotatable bonds is 3. The highest BCUT2D eigenvalue weighted by atomic mass is 16.2. The van der Waals surface area contributed by atoms with E-state index in [1.165, 1.54) is 38.8 Å². The molecule has 0 aromatic heterocycles. The van der Waals surface area contributed by atoms with Gasteiger partial charge in [0.05, 0.1) is 11.1 Å². The van der Waals surface area contributed by atoms with Gasteiger partial charge in [0.15, 0.2) is 0 Å². The topological polar surface area (TPSA) is 60.9 Å². The minimum Gasteiger partial charge on any atom is -0.341 e. The van der Waals surface area contributed by atoms with Crippen molar-refractivity contribution in [1.82, 2.24) is 14.7 Å². The maximum Gasteiger partial charge on any atom is 0.262 e. The molecule has 0 bridgehead atoms. The van der Waals surface area contributed by atoms with E-state index in [4.69, 9.17) is 0 Å². The number of carbonyl (C=O) groups excluding carboxylic acids is 3. The van der Waals surface area contributed by atoms with Gasteiger partial charge in [-0.3, -0.25) is 19.3 Å². The van der Waals surface area contributed by atoms with Crippen LogP contribution in [0.4, 0.5) is 0 Å². The Labute approximate surface area is 160 Å². The van der Waals surface area contributed by atoms with Gasteiger partial charge in [-0.1, -0.05) is 25.0 Å². The standard InChI is InChI=1S/C21H27N3O3/c25-19(15-24-20(26)17-7-3-4-8-18(17)21(24)27)23-13-9-16(10-14-23)22-11-5-1-2-6-12-22/h3-4,7-8,16H,1-2,5-6,9-15H2. The molecule has 6 heteroatoms.